The summed E-state index contributed by atoms with van der Waals surface area (Å²) in [5, 5.41) is 11.3. The minimum absolute atomic E-state index is 0.0872. The second-order valence-electron chi connectivity index (χ2n) is 12.1. The zero-order valence-corrected chi connectivity index (χ0v) is 25.6. The topological polar surface area (TPSA) is 95.0 Å². The van der Waals surface area contributed by atoms with Crippen molar-refractivity contribution in [2.75, 3.05) is 9.80 Å². The van der Waals surface area contributed by atoms with E-state index in [1.807, 2.05) is 6.08 Å². The van der Waals surface area contributed by atoms with E-state index in [2.05, 4.69) is 6.58 Å². The van der Waals surface area contributed by atoms with E-state index in [0.717, 1.165) is 22.6 Å². The lowest BCUT2D eigenvalue weighted by Gasteiger charge is -2.50. The van der Waals surface area contributed by atoms with Gasteiger partial charge < -0.3 is 5.11 Å². The summed E-state index contributed by atoms with van der Waals surface area (Å²) in [6.07, 6.45) is 3.45. The predicted molar refractivity (Wildman–Crippen MR) is 168 cm³/mol. The molecule has 0 aromatic heterocycles. The number of rotatable bonds is 4. The number of benzene rings is 3. The first-order valence-corrected chi connectivity index (χ1v) is 15.3. The fourth-order valence-electron chi connectivity index (χ4n) is 7.67. The summed E-state index contributed by atoms with van der Waals surface area (Å²) in [6, 6.07) is 16.7. The number of phenolic OH excluding ortho intramolecular Hbond substituents is 1. The number of imide groups is 2. The van der Waals surface area contributed by atoms with Crippen molar-refractivity contribution in [2.24, 2.45) is 17.8 Å². The average molecular weight is 646 g/mol. The third kappa shape index (κ3) is 3.88. The van der Waals surface area contributed by atoms with E-state index in [9.17, 15) is 28.7 Å². The first-order chi connectivity index (χ1) is 21.4. The third-order valence-electron chi connectivity index (χ3n) is 9.86. The van der Waals surface area contributed by atoms with E-state index in [0.29, 0.717) is 16.8 Å². The average Bonchev–Trinajstić information content (AvgIpc) is 3.37. The van der Waals surface area contributed by atoms with Gasteiger partial charge in [0.15, 0.2) is 9.75 Å². The summed E-state index contributed by atoms with van der Waals surface area (Å²) in [7, 11) is 0. The van der Waals surface area contributed by atoms with Crippen LogP contribution in [0, 0.1) is 30.5 Å². The SMILES string of the molecule is C=Cc1ccc(N2C(=O)C3CC=C4C(CC5(Cl)C(=O)N(c6ccc(F)cc6)C(=O)C5(Cl)C4c4cccc(C)c4O)C3C2=O)cc1. The van der Waals surface area contributed by atoms with E-state index in [1.165, 1.54) is 17.0 Å². The maximum Gasteiger partial charge on any atom is 0.258 e. The predicted octanol–water partition coefficient (Wildman–Crippen LogP) is 6.25. The normalized spacial score (nSPS) is 30.6. The van der Waals surface area contributed by atoms with Crippen LogP contribution in [-0.2, 0) is 19.2 Å². The first-order valence-electron chi connectivity index (χ1n) is 14.5. The Morgan fingerprint density at radius 1 is 0.889 bits per heavy atom. The second kappa shape index (κ2) is 10.1. The summed E-state index contributed by atoms with van der Waals surface area (Å²) < 4.78 is 13.8. The lowest BCUT2D eigenvalue weighted by molar-refractivity contribution is -0.125. The van der Waals surface area contributed by atoms with Crippen molar-refractivity contribution in [2.45, 2.75) is 35.4 Å². The van der Waals surface area contributed by atoms with Crippen LogP contribution in [0.3, 0.4) is 0 Å². The monoisotopic (exact) mass is 644 g/mol. The van der Waals surface area contributed by atoms with Crippen molar-refractivity contribution in [3.63, 3.8) is 0 Å². The van der Waals surface area contributed by atoms with E-state index in [-0.39, 0.29) is 35.7 Å². The molecular weight excluding hydrogens is 618 g/mol. The highest BCUT2D eigenvalue weighted by Gasteiger charge is 2.77. The Labute approximate surface area is 268 Å². The molecule has 228 valence electrons. The number of phenols is 1. The van der Waals surface area contributed by atoms with Crippen LogP contribution in [0.15, 0.2) is 85.0 Å². The third-order valence-corrected chi connectivity index (χ3v) is 11.3. The molecular formula is C35H27Cl2FN2O5. The molecule has 3 aromatic carbocycles. The Morgan fingerprint density at radius 3 is 2.20 bits per heavy atom. The number of amides is 4. The molecule has 2 heterocycles. The highest BCUT2D eigenvalue weighted by molar-refractivity contribution is 6.58. The molecule has 0 bridgehead atoms. The molecule has 2 aliphatic heterocycles. The Morgan fingerprint density at radius 2 is 1.53 bits per heavy atom. The summed E-state index contributed by atoms with van der Waals surface area (Å²) in [5.74, 6) is -6.60. The molecule has 0 radical (unpaired) electrons. The number of hydrogen-bond acceptors (Lipinski definition) is 5. The van der Waals surface area contributed by atoms with Gasteiger partial charge in [-0.25, -0.2) is 9.29 Å². The number of carbonyl (C=O) groups is 4. The molecule has 4 amide bonds. The Kier molecular flexibility index (Phi) is 6.62. The molecule has 1 saturated carbocycles. The van der Waals surface area contributed by atoms with Gasteiger partial charge in [0.25, 0.3) is 11.8 Å². The van der Waals surface area contributed by atoms with E-state index in [1.54, 1.807) is 55.5 Å². The summed E-state index contributed by atoms with van der Waals surface area (Å²) in [5.41, 5.74) is 2.68. The Balaban J connectivity index is 1.40. The molecule has 6 atom stereocenters. The van der Waals surface area contributed by atoms with E-state index < -0.39 is 57.0 Å². The van der Waals surface area contributed by atoms with Crippen molar-refractivity contribution >= 4 is 64.3 Å². The largest absolute Gasteiger partial charge is 0.507 e. The van der Waals surface area contributed by atoms with Crippen LogP contribution in [0.1, 0.15) is 35.4 Å². The van der Waals surface area contributed by atoms with Gasteiger partial charge >= 0.3 is 0 Å². The molecule has 3 aromatic rings. The van der Waals surface area contributed by atoms with Crippen LogP contribution in [0.2, 0.25) is 0 Å². The minimum Gasteiger partial charge on any atom is -0.507 e. The molecule has 2 saturated heterocycles. The smallest absolute Gasteiger partial charge is 0.258 e. The lowest BCUT2D eigenvalue weighted by Crippen LogP contribution is -2.60. The van der Waals surface area contributed by atoms with Gasteiger partial charge in [-0.05, 0) is 73.2 Å². The second-order valence-corrected chi connectivity index (χ2v) is 13.3. The van der Waals surface area contributed by atoms with Crippen molar-refractivity contribution in [1.82, 2.24) is 0 Å². The molecule has 1 N–H and O–H groups in total. The Hall–Kier alpha value is -4.27. The van der Waals surface area contributed by atoms with Crippen LogP contribution in [-0.4, -0.2) is 38.5 Å². The molecule has 7 rings (SSSR count). The zero-order chi connectivity index (χ0) is 32.0. The van der Waals surface area contributed by atoms with E-state index >= 15 is 0 Å². The number of aromatic hydroxyl groups is 1. The molecule has 7 nitrogen and oxygen atoms in total. The van der Waals surface area contributed by atoms with Crippen LogP contribution >= 0.6 is 23.2 Å². The minimum atomic E-state index is -2.12. The molecule has 10 heteroatoms. The number of carbonyl (C=O) groups excluding carboxylic acids is 4. The van der Waals surface area contributed by atoms with Crippen LogP contribution < -0.4 is 9.80 Å². The molecule has 3 fully saturated rings. The molecule has 0 spiro atoms. The molecule has 4 aliphatic rings. The number of alkyl halides is 2. The fourth-order valence-corrected chi connectivity index (χ4v) is 8.60. The number of hydrogen-bond donors (Lipinski definition) is 1. The lowest BCUT2D eigenvalue weighted by atomic mass is 9.56. The first kappa shape index (κ1) is 29.4. The van der Waals surface area contributed by atoms with Crippen molar-refractivity contribution in [1.29, 1.82) is 0 Å². The number of para-hydroxylation sites is 1. The van der Waals surface area contributed by atoms with Crippen LogP contribution in [0.5, 0.6) is 5.75 Å². The van der Waals surface area contributed by atoms with Crippen LogP contribution in [0.25, 0.3) is 6.08 Å². The number of allylic oxidation sites excluding steroid dienone is 2. The van der Waals surface area contributed by atoms with Crippen LogP contribution in [0.4, 0.5) is 15.8 Å². The van der Waals surface area contributed by atoms with Gasteiger partial charge in [-0.2, -0.15) is 0 Å². The number of halogens is 3. The van der Waals surface area contributed by atoms with Crippen molar-refractivity contribution in [3.05, 3.63) is 107 Å². The standard InChI is InChI=1S/C35H27Cl2FN2O5/c1-3-19-7-11-21(12-8-19)39-30(42)24-16-15-23-26(27(24)31(39)43)17-34(36)32(44)40(22-13-9-20(38)10-14-22)33(45)35(34,37)28(23)25-6-4-5-18(2)29(25)41/h3-15,24,26-28,41H,1,16-17H2,2H3. The van der Waals surface area contributed by atoms with Gasteiger partial charge in [0.05, 0.1) is 23.2 Å². The van der Waals surface area contributed by atoms with Gasteiger partial charge in [0.2, 0.25) is 11.8 Å². The number of aryl methyl sites for hydroxylation is 1. The number of anilines is 2. The van der Waals surface area contributed by atoms with Gasteiger partial charge in [0, 0.05) is 11.5 Å². The highest BCUT2D eigenvalue weighted by atomic mass is 35.5. The maximum atomic E-state index is 14.4. The van der Waals surface area contributed by atoms with Crippen molar-refractivity contribution < 1.29 is 28.7 Å². The summed E-state index contributed by atoms with van der Waals surface area (Å²) in [4.78, 5) is 54.5. The van der Waals surface area contributed by atoms with Gasteiger partial charge in [-0.3, -0.25) is 24.1 Å². The highest BCUT2D eigenvalue weighted by Crippen LogP contribution is 2.66. The number of nitrogens with zero attached hydrogens (tertiary/aromatic N) is 2. The van der Waals surface area contributed by atoms with Gasteiger partial charge in [-0.15, -0.1) is 23.2 Å². The fraction of sp³-hybridized carbons (Fsp3) is 0.257. The zero-order valence-electron chi connectivity index (χ0n) is 24.0. The van der Waals surface area contributed by atoms with E-state index in [4.69, 9.17) is 23.2 Å². The summed E-state index contributed by atoms with van der Waals surface area (Å²) >= 11 is 14.7. The molecule has 45 heavy (non-hydrogen) atoms. The summed E-state index contributed by atoms with van der Waals surface area (Å²) in [6.45, 7) is 5.44. The van der Waals surface area contributed by atoms with Gasteiger partial charge in [-0.1, -0.05) is 54.6 Å². The quantitative estimate of drug-likeness (QED) is 0.206. The van der Waals surface area contributed by atoms with Gasteiger partial charge in [0.1, 0.15) is 11.6 Å². The number of fused-ring (bicyclic) bond motifs is 4. The van der Waals surface area contributed by atoms with Crippen molar-refractivity contribution in [3.8, 4) is 5.75 Å². The molecule has 2 aliphatic carbocycles. The Bertz CT molecular complexity index is 1860. The maximum absolute atomic E-state index is 14.4. The molecule has 6 unspecified atom stereocenters.